The molecule has 2 saturated heterocycles. The molecule has 0 spiro atoms. The van der Waals surface area contributed by atoms with Crippen LogP contribution in [0, 0.1) is 29.9 Å². The molecular formula is C32H31F2N9O5. The number of nitrogens with one attached hydrogen (secondary N) is 2. The number of aryl methyl sites for hydroxylation is 1. The van der Waals surface area contributed by atoms with E-state index in [0.29, 0.717) is 67.5 Å². The predicted octanol–water partition coefficient (Wildman–Crippen LogP) is 2.87. The third-order valence-corrected chi connectivity index (χ3v) is 8.34. The SMILES string of the molecule is Cc1cc(Nc2nccn3c(-c4ccc(OCC#N)c(F)c4F)cnc23)ccc1C(=O)N1CCN(C(=O)N2CCN[C@H](C(=O)O)C2)CC1. The molecule has 0 unspecified atom stereocenters. The second-order valence-corrected chi connectivity index (χ2v) is 11.3. The summed E-state index contributed by atoms with van der Waals surface area (Å²) >= 11 is 0. The Hall–Kier alpha value is -5.82. The molecule has 2 aromatic carbocycles. The molecule has 1 atom stereocenters. The van der Waals surface area contributed by atoms with Crippen molar-refractivity contribution in [3.63, 3.8) is 0 Å². The van der Waals surface area contributed by atoms with Gasteiger partial charge in [0.1, 0.15) is 12.1 Å². The number of amides is 3. The summed E-state index contributed by atoms with van der Waals surface area (Å²) in [7, 11) is 0. The van der Waals surface area contributed by atoms with Crippen LogP contribution in [0.3, 0.4) is 0 Å². The Bertz CT molecular complexity index is 1940. The number of anilines is 2. The standard InChI is InChI=1S/C32H31F2N9O5/c1-19-16-20(2-3-21(19)30(44)40-11-13-41(14-12-40)32(47)42-9-7-36-23(18-42)31(45)46)39-28-29-38-17-24(43(29)10-8-37-28)22-4-5-25(48-15-6-35)27(34)26(22)33/h2-5,8,10,16-17,23,36H,7,9,11-15,18H2,1H3,(H,37,39)(H,45,46)/t23-/m0/s1. The molecule has 4 heterocycles. The molecule has 4 aromatic rings. The molecule has 0 bridgehead atoms. The van der Waals surface area contributed by atoms with Crippen molar-refractivity contribution < 1.29 is 33.0 Å². The third kappa shape index (κ3) is 6.27. The van der Waals surface area contributed by atoms with Crippen LogP contribution in [0.2, 0.25) is 0 Å². The summed E-state index contributed by atoms with van der Waals surface area (Å²) in [4.78, 5) is 51.4. The number of fused-ring (bicyclic) bond motifs is 1. The Morgan fingerprint density at radius 2 is 1.83 bits per heavy atom. The molecule has 3 amide bonds. The molecule has 2 aromatic heterocycles. The van der Waals surface area contributed by atoms with Gasteiger partial charge in [0, 0.05) is 75.0 Å². The zero-order valence-corrected chi connectivity index (χ0v) is 25.8. The number of imidazole rings is 1. The maximum absolute atomic E-state index is 15.0. The minimum absolute atomic E-state index is 0.0546. The van der Waals surface area contributed by atoms with Gasteiger partial charge in [-0.3, -0.25) is 14.0 Å². The van der Waals surface area contributed by atoms with Crippen LogP contribution in [0.15, 0.2) is 48.9 Å². The van der Waals surface area contributed by atoms with E-state index in [1.54, 1.807) is 44.7 Å². The second kappa shape index (κ2) is 13.5. The van der Waals surface area contributed by atoms with Crippen molar-refractivity contribution in [3.8, 4) is 23.1 Å². The average molecular weight is 660 g/mol. The summed E-state index contributed by atoms with van der Waals surface area (Å²) in [6.45, 7) is 3.65. The number of halogens is 2. The van der Waals surface area contributed by atoms with Gasteiger partial charge in [0.15, 0.2) is 29.6 Å². The molecule has 6 rings (SSSR count). The van der Waals surface area contributed by atoms with Crippen molar-refractivity contribution in [1.82, 2.24) is 34.4 Å². The van der Waals surface area contributed by atoms with Gasteiger partial charge in [0.25, 0.3) is 5.91 Å². The minimum atomic E-state index is -1.21. The van der Waals surface area contributed by atoms with Crippen LogP contribution in [0.5, 0.6) is 5.75 Å². The van der Waals surface area contributed by atoms with Gasteiger partial charge in [-0.15, -0.1) is 0 Å². The van der Waals surface area contributed by atoms with Gasteiger partial charge in [0.05, 0.1) is 11.9 Å². The highest BCUT2D eigenvalue weighted by Crippen LogP contribution is 2.32. The first-order chi connectivity index (χ1) is 23.2. The van der Waals surface area contributed by atoms with E-state index < -0.39 is 30.3 Å². The van der Waals surface area contributed by atoms with E-state index in [-0.39, 0.29) is 35.5 Å². The van der Waals surface area contributed by atoms with Gasteiger partial charge < -0.3 is 35.2 Å². The first-order valence-electron chi connectivity index (χ1n) is 15.1. The maximum Gasteiger partial charge on any atom is 0.322 e. The highest BCUT2D eigenvalue weighted by Gasteiger charge is 2.32. The summed E-state index contributed by atoms with van der Waals surface area (Å²) in [5, 5.41) is 24.0. The van der Waals surface area contributed by atoms with Crippen LogP contribution in [0.1, 0.15) is 15.9 Å². The number of rotatable bonds is 7. The number of carboxylic acid groups (broad SMARTS) is 1. The molecule has 2 fully saturated rings. The largest absolute Gasteiger partial charge is 0.480 e. The van der Waals surface area contributed by atoms with Crippen molar-refractivity contribution in [2.45, 2.75) is 13.0 Å². The zero-order chi connectivity index (χ0) is 33.9. The second-order valence-electron chi connectivity index (χ2n) is 11.3. The van der Waals surface area contributed by atoms with Crippen molar-refractivity contribution in [2.24, 2.45) is 0 Å². The molecule has 0 radical (unpaired) electrons. The summed E-state index contributed by atoms with van der Waals surface area (Å²) in [5.41, 5.74) is 2.39. The lowest BCUT2D eigenvalue weighted by molar-refractivity contribution is -0.140. The average Bonchev–Trinajstić information content (AvgIpc) is 3.53. The maximum atomic E-state index is 15.0. The van der Waals surface area contributed by atoms with E-state index >= 15 is 0 Å². The number of piperazine rings is 2. The molecular weight excluding hydrogens is 628 g/mol. The van der Waals surface area contributed by atoms with E-state index in [1.165, 1.54) is 29.4 Å². The number of nitrogens with zero attached hydrogens (tertiary/aromatic N) is 7. The third-order valence-electron chi connectivity index (χ3n) is 8.34. The van der Waals surface area contributed by atoms with Crippen LogP contribution in [-0.2, 0) is 4.79 Å². The minimum Gasteiger partial charge on any atom is -0.480 e. The number of benzene rings is 2. The summed E-state index contributed by atoms with van der Waals surface area (Å²) in [5.74, 6) is -3.55. The highest BCUT2D eigenvalue weighted by molar-refractivity contribution is 5.96. The first-order valence-corrected chi connectivity index (χ1v) is 15.1. The first kappa shape index (κ1) is 32.1. The monoisotopic (exact) mass is 659 g/mol. The van der Waals surface area contributed by atoms with Crippen molar-refractivity contribution >= 4 is 35.1 Å². The van der Waals surface area contributed by atoms with Crippen LogP contribution >= 0.6 is 0 Å². The van der Waals surface area contributed by atoms with Crippen molar-refractivity contribution in [1.29, 1.82) is 5.26 Å². The summed E-state index contributed by atoms with van der Waals surface area (Å²) in [6, 6.07) is 8.51. The number of ether oxygens (including phenoxy) is 1. The summed E-state index contributed by atoms with van der Waals surface area (Å²) in [6.07, 6.45) is 4.45. The normalized spacial score (nSPS) is 16.5. The number of nitriles is 1. The molecule has 2 aliphatic rings. The lowest BCUT2D eigenvalue weighted by Gasteiger charge is -2.39. The molecule has 14 nitrogen and oxygen atoms in total. The molecule has 248 valence electrons. The Morgan fingerprint density at radius 1 is 1.06 bits per heavy atom. The number of carbonyl (C=O) groups excluding carboxylic acids is 2. The Morgan fingerprint density at radius 3 is 2.56 bits per heavy atom. The van der Waals surface area contributed by atoms with Crippen LogP contribution in [0.25, 0.3) is 16.9 Å². The fourth-order valence-corrected chi connectivity index (χ4v) is 5.84. The molecule has 3 N–H and O–H groups in total. The number of aromatic nitrogens is 3. The van der Waals surface area contributed by atoms with Gasteiger partial charge in [-0.05, 0) is 42.8 Å². The number of hydrogen-bond donors (Lipinski definition) is 3. The lowest BCUT2D eigenvalue weighted by atomic mass is 10.1. The van der Waals surface area contributed by atoms with Gasteiger partial charge in [-0.1, -0.05) is 0 Å². The fourth-order valence-electron chi connectivity index (χ4n) is 5.84. The van der Waals surface area contributed by atoms with E-state index in [9.17, 15) is 28.3 Å². The molecule has 0 aliphatic carbocycles. The van der Waals surface area contributed by atoms with Gasteiger partial charge >= 0.3 is 12.0 Å². The molecule has 2 aliphatic heterocycles. The number of carboxylic acids is 1. The van der Waals surface area contributed by atoms with E-state index in [4.69, 9.17) is 10.00 Å². The van der Waals surface area contributed by atoms with Gasteiger partial charge in [-0.2, -0.15) is 9.65 Å². The number of hydrogen-bond acceptors (Lipinski definition) is 9. The number of urea groups is 1. The van der Waals surface area contributed by atoms with Crippen LogP contribution in [-0.4, -0.2) is 111 Å². The Balaban J connectivity index is 1.12. The highest BCUT2D eigenvalue weighted by atomic mass is 19.2. The predicted molar refractivity (Wildman–Crippen MR) is 168 cm³/mol. The van der Waals surface area contributed by atoms with E-state index in [1.807, 2.05) is 6.92 Å². The fraction of sp³-hybridized carbons (Fsp3) is 0.312. The lowest BCUT2D eigenvalue weighted by Crippen LogP contribution is -2.60. The van der Waals surface area contributed by atoms with Crippen molar-refractivity contribution in [2.75, 3.05) is 57.7 Å². The van der Waals surface area contributed by atoms with Crippen molar-refractivity contribution in [3.05, 3.63) is 71.7 Å². The molecule has 0 saturated carbocycles. The zero-order valence-electron chi connectivity index (χ0n) is 25.8. The smallest absolute Gasteiger partial charge is 0.322 e. The number of carbonyl (C=O) groups is 3. The van der Waals surface area contributed by atoms with Gasteiger partial charge in [-0.25, -0.2) is 19.2 Å². The Labute approximate surface area is 273 Å². The van der Waals surface area contributed by atoms with Gasteiger partial charge in [0.2, 0.25) is 5.82 Å². The Kier molecular flexibility index (Phi) is 9.04. The van der Waals surface area contributed by atoms with Crippen LogP contribution < -0.4 is 15.4 Å². The summed E-state index contributed by atoms with van der Waals surface area (Å²) < 4.78 is 36.1. The van der Waals surface area contributed by atoms with E-state index in [2.05, 4.69) is 20.6 Å². The number of aliphatic carboxylic acids is 1. The van der Waals surface area contributed by atoms with Crippen LogP contribution in [0.4, 0.5) is 25.1 Å². The molecule has 16 heteroatoms. The quantitative estimate of drug-likeness (QED) is 0.268. The molecule has 48 heavy (non-hydrogen) atoms. The van der Waals surface area contributed by atoms with E-state index in [0.717, 1.165) is 0 Å². The topological polar surface area (TPSA) is 168 Å².